The summed E-state index contributed by atoms with van der Waals surface area (Å²) in [5, 5.41) is 15.2. The van der Waals surface area contributed by atoms with Gasteiger partial charge in [0.05, 0.1) is 22.3 Å². The molecule has 30 heavy (non-hydrogen) atoms. The fourth-order valence-corrected chi connectivity index (χ4v) is 4.71. The number of phenols is 1. The zero-order valence-electron chi connectivity index (χ0n) is 17.7. The second kappa shape index (κ2) is 7.73. The molecule has 0 aliphatic carbocycles. The molecule has 0 saturated carbocycles. The first-order chi connectivity index (χ1) is 14.6. The summed E-state index contributed by atoms with van der Waals surface area (Å²) in [6.07, 6.45) is 3.56. The summed E-state index contributed by atoms with van der Waals surface area (Å²) in [4.78, 5) is 9.85. The summed E-state index contributed by atoms with van der Waals surface area (Å²) in [5.74, 6) is 1.81. The van der Waals surface area contributed by atoms with E-state index < -0.39 is 0 Å². The number of phenolic OH excluding ortho intramolecular Hbond substituents is 1. The number of hydrogen-bond acceptors (Lipinski definition) is 4. The Morgan fingerprint density at radius 2 is 1.87 bits per heavy atom. The molecule has 0 amide bonds. The van der Waals surface area contributed by atoms with Crippen molar-refractivity contribution < 1.29 is 5.11 Å². The van der Waals surface area contributed by atoms with Crippen LogP contribution in [0.25, 0.3) is 33.3 Å². The van der Waals surface area contributed by atoms with E-state index in [4.69, 9.17) is 9.97 Å². The molecule has 0 spiro atoms. The molecule has 0 bridgehead atoms. The minimum absolute atomic E-state index is 0.265. The van der Waals surface area contributed by atoms with Gasteiger partial charge in [0.1, 0.15) is 17.1 Å². The standard InChI is InChI=1S/C25H28N4O/c1-16-7-8-19-21(15-16)27-17(2)23-24(19)29(14-11-18-9-12-26-13-10-18)25(28-23)20-5-3-4-6-22(20)30/h3-8,15,18,26,30H,9-14H2,1-2H3. The Hall–Kier alpha value is -2.92. The SMILES string of the molecule is Cc1ccc2c(c1)nc(C)c1nc(-c3ccccc3O)n(CCC3CCNCC3)c12. The third kappa shape index (κ3) is 3.33. The van der Waals surface area contributed by atoms with Gasteiger partial charge in [-0.1, -0.05) is 24.3 Å². The van der Waals surface area contributed by atoms with Gasteiger partial charge in [-0.3, -0.25) is 4.98 Å². The van der Waals surface area contributed by atoms with Crippen molar-refractivity contribution in [3.63, 3.8) is 0 Å². The van der Waals surface area contributed by atoms with Gasteiger partial charge in [-0.05, 0) is 75.9 Å². The lowest BCUT2D eigenvalue weighted by Crippen LogP contribution is -2.28. The van der Waals surface area contributed by atoms with Crippen molar-refractivity contribution in [2.24, 2.45) is 5.92 Å². The van der Waals surface area contributed by atoms with E-state index in [2.05, 4.69) is 35.0 Å². The number of aromatic nitrogens is 3. The molecule has 2 aromatic carbocycles. The second-order valence-corrected chi connectivity index (χ2v) is 8.50. The van der Waals surface area contributed by atoms with Crippen molar-refractivity contribution in [3.05, 3.63) is 53.7 Å². The highest BCUT2D eigenvalue weighted by Gasteiger charge is 2.21. The van der Waals surface area contributed by atoms with Crippen LogP contribution in [0.3, 0.4) is 0 Å². The molecule has 5 nitrogen and oxygen atoms in total. The predicted molar refractivity (Wildman–Crippen MR) is 122 cm³/mol. The van der Waals surface area contributed by atoms with Gasteiger partial charge < -0.3 is 15.0 Å². The Labute approximate surface area is 176 Å². The molecule has 2 aromatic heterocycles. The summed E-state index contributed by atoms with van der Waals surface area (Å²) in [5.41, 5.74) is 5.97. The highest BCUT2D eigenvalue weighted by molar-refractivity contribution is 6.04. The normalized spacial score (nSPS) is 15.3. The number of pyridine rings is 1. The van der Waals surface area contributed by atoms with Crippen LogP contribution in [-0.4, -0.2) is 32.7 Å². The highest BCUT2D eigenvalue weighted by atomic mass is 16.3. The second-order valence-electron chi connectivity index (χ2n) is 8.50. The lowest BCUT2D eigenvalue weighted by atomic mass is 9.94. The van der Waals surface area contributed by atoms with Crippen LogP contribution in [0, 0.1) is 19.8 Å². The van der Waals surface area contributed by atoms with Crippen molar-refractivity contribution in [1.29, 1.82) is 0 Å². The van der Waals surface area contributed by atoms with E-state index in [0.717, 1.165) is 71.0 Å². The Morgan fingerprint density at radius 3 is 2.67 bits per heavy atom. The summed E-state index contributed by atoms with van der Waals surface area (Å²) in [7, 11) is 0. The molecule has 1 saturated heterocycles. The third-order valence-electron chi connectivity index (χ3n) is 6.37. The topological polar surface area (TPSA) is 63.0 Å². The molecule has 1 fully saturated rings. The van der Waals surface area contributed by atoms with E-state index in [1.807, 2.05) is 25.1 Å². The number of benzene rings is 2. The molecule has 154 valence electrons. The maximum Gasteiger partial charge on any atom is 0.144 e. The van der Waals surface area contributed by atoms with Crippen molar-refractivity contribution in [3.8, 4) is 17.1 Å². The Morgan fingerprint density at radius 1 is 1.07 bits per heavy atom. The van der Waals surface area contributed by atoms with Gasteiger partial charge in [0.25, 0.3) is 0 Å². The van der Waals surface area contributed by atoms with Crippen molar-refractivity contribution >= 4 is 21.9 Å². The lowest BCUT2D eigenvalue weighted by molar-refractivity contribution is 0.340. The molecule has 1 aliphatic rings. The average molecular weight is 401 g/mol. The molecular formula is C25H28N4O. The van der Waals surface area contributed by atoms with Crippen molar-refractivity contribution in [1.82, 2.24) is 19.9 Å². The zero-order chi connectivity index (χ0) is 20.7. The van der Waals surface area contributed by atoms with Gasteiger partial charge in [0, 0.05) is 11.9 Å². The number of piperidine rings is 1. The largest absolute Gasteiger partial charge is 0.507 e. The molecule has 4 aromatic rings. The molecule has 2 N–H and O–H groups in total. The first-order valence-corrected chi connectivity index (χ1v) is 10.9. The minimum atomic E-state index is 0.265. The number of para-hydroxylation sites is 1. The number of hydrogen-bond donors (Lipinski definition) is 2. The van der Waals surface area contributed by atoms with Gasteiger partial charge in [-0.2, -0.15) is 0 Å². The number of fused-ring (bicyclic) bond motifs is 3. The van der Waals surface area contributed by atoms with Crippen LogP contribution < -0.4 is 5.32 Å². The van der Waals surface area contributed by atoms with E-state index in [1.54, 1.807) is 6.07 Å². The van der Waals surface area contributed by atoms with E-state index >= 15 is 0 Å². The van der Waals surface area contributed by atoms with Crippen LogP contribution in [0.4, 0.5) is 0 Å². The number of aryl methyl sites for hydroxylation is 3. The Balaban J connectivity index is 1.72. The predicted octanol–water partition coefficient (Wildman–Crippen LogP) is 4.96. The monoisotopic (exact) mass is 400 g/mol. The Bertz CT molecular complexity index is 1220. The Kier molecular flexibility index (Phi) is 4.91. The molecular weight excluding hydrogens is 372 g/mol. The van der Waals surface area contributed by atoms with Crippen LogP contribution in [-0.2, 0) is 6.54 Å². The fraction of sp³-hybridized carbons (Fsp3) is 0.360. The van der Waals surface area contributed by atoms with Crippen LogP contribution in [0.5, 0.6) is 5.75 Å². The maximum absolute atomic E-state index is 10.6. The first-order valence-electron chi connectivity index (χ1n) is 10.9. The van der Waals surface area contributed by atoms with Gasteiger partial charge in [0.2, 0.25) is 0 Å². The number of nitrogens with zero attached hydrogens (tertiary/aromatic N) is 3. The van der Waals surface area contributed by atoms with Crippen molar-refractivity contribution in [2.75, 3.05) is 13.1 Å². The average Bonchev–Trinajstić information content (AvgIpc) is 3.13. The van der Waals surface area contributed by atoms with E-state index in [9.17, 15) is 5.11 Å². The first kappa shape index (κ1) is 19.1. The van der Waals surface area contributed by atoms with Gasteiger partial charge in [0.15, 0.2) is 0 Å². The highest BCUT2D eigenvalue weighted by Crippen LogP contribution is 2.35. The molecule has 5 rings (SSSR count). The zero-order valence-corrected chi connectivity index (χ0v) is 17.7. The smallest absolute Gasteiger partial charge is 0.144 e. The summed E-state index contributed by atoms with van der Waals surface area (Å²) >= 11 is 0. The summed E-state index contributed by atoms with van der Waals surface area (Å²) in [6, 6.07) is 13.9. The van der Waals surface area contributed by atoms with E-state index in [1.165, 1.54) is 18.4 Å². The number of nitrogens with one attached hydrogen (secondary N) is 1. The van der Waals surface area contributed by atoms with Crippen LogP contribution in [0.2, 0.25) is 0 Å². The van der Waals surface area contributed by atoms with Crippen LogP contribution >= 0.6 is 0 Å². The van der Waals surface area contributed by atoms with E-state index in [0.29, 0.717) is 0 Å². The maximum atomic E-state index is 10.6. The molecule has 5 heteroatoms. The number of imidazole rings is 1. The molecule has 3 heterocycles. The van der Waals surface area contributed by atoms with Crippen LogP contribution in [0.15, 0.2) is 42.5 Å². The lowest BCUT2D eigenvalue weighted by Gasteiger charge is -2.23. The minimum Gasteiger partial charge on any atom is -0.507 e. The molecule has 0 atom stereocenters. The number of rotatable bonds is 4. The van der Waals surface area contributed by atoms with Gasteiger partial charge >= 0.3 is 0 Å². The molecule has 1 aliphatic heterocycles. The van der Waals surface area contributed by atoms with Gasteiger partial charge in [-0.15, -0.1) is 0 Å². The molecule has 0 radical (unpaired) electrons. The quantitative estimate of drug-likeness (QED) is 0.508. The van der Waals surface area contributed by atoms with Crippen molar-refractivity contribution in [2.45, 2.75) is 39.7 Å². The van der Waals surface area contributed by atoms with E-state index in [-0.39, 0.29) is 5.75 Å². The number of aromatic hydroxyl groups is 1. The summed E-state index contributed by atoms with van der Waals surface area (Å²) in [6.45, 7) is 7.22. The fourth-order valence-electron chi connectivity index (χ4n) is 4.71. The van der Waals surface area contributed by atoms with Gasteiger partial charge in [-0.25, -0.2) is 4.98 Å². The third-order valence-corrected chi connectivity index (χ3v) is 6.37. The van der Waals surface area contributed by atoms with Crippen LogP contribution in [0.1, 0.15) is 30.5 Å². The molecule has 0 unspecified atom stereocenters. The summed E-state index contributed by atoms with van der Waals surface area (Å²) < 4.78 is 2.32.